The predicted octanol–water partition coefficient (Wildman–Crippen LogP) is 5.49. The van der Waals surface area contributed by atoms with Gasteiger partial charge in [0.2, 0.25) is 41.2 Å². The number of aromatic hydroxyl groups is 1. The molecule has 4 aliphatic rings. The van der Waals surface area contributed by atoms with E-state index in [9.17, 15) is 43.8 Å². The first-order chi connectivity index (χ1) is 36.7. The first-order valence-corrected chi connectivity index (χ1v) is 26.7. The molecule has 77 heavy (non-hydrogen) atoms. The lowest BCUT2D eigenvalue weighted by Gasteiger charge is -2.43. The number of carbonyl (C=O) groups is 7. The standard InChI is InChI=1S/C44H51N5O9.C11H21NO4.C3H8/c1-23(2)32-20-37(53)49(44(32)57)19-18-35(51)46-22-36(52)47-27(6)43(56)48-29-16-14-28(15-17-29)21-45-34(50)13-9-11-31-24(3)25(4)38-26(5)30-10-8-12-33(58-7)39(30)42(55)40(38)41(31)54;1-8-11(13)9(3-5-15-8)12-4-6-16-10(7-12)14-2;1-3-2/h8,10,12,14-17,23,27,32,54H,5,9,11,13,18-22H2,1-4,6-7H3,(H,45,50)(H,46,51)(H,47,52)(H,48,56);8-11,13H,3-7H2,1-2H3;3H2,1-2H3/t;8-,9?,10?,11?;/m.0./s1. The lowest BCUT2D eigenvalue weighted by molar-refractivity contribution is -0.190. The fourth-order valence-corrected chi connectivity index (χ4v) is 9.81. The summed E-state index contributed by atoms with van der Waals surface area (Å²) in [5.74, 6) is -2.75. The minimum Gasteiger partial charge on any atom is -0.507 e. The van der Waals surface area contributed by atoms with Crippen LogP contribution in [0.2, 0.25) is 0 Å². The van der Waals surface area contributed by atoms with Gasteiger partial charge in [0.1, 0.15) is 17.5 Å². The zero-order valence-electron chi connectivity index (χ0n) is 46.5. The van der Waals surface area contributed by atoms with Gasteiger partial charge in [-0.15, -0.1) is 0 Å². The van der Waals surface area contributed by atoms with E-state index < -0.39 is 29.9 Å². The maximum atomic E-state index is 13.7. The fourth-order valence-electron chi connectivity index (χ4n) is 9.81. The van der Waals surface area contributed by atoms with Gasteiger partial charge in [-0.2, -0.15) is 0 Å². The number of phenolic OH excluding ortho intramolecular Hbond substituents is 1. The summed E-state index contributed by atoms with van der Waals surface area (Å²) in [5.41, 5.74) is 6.08. The highest BCUT2D eigenvalue weighted by atomic mass is 16.7. The molecule has 3 aromatic carbocycles. The number of imide groups is 1. The molecule has 3 aromatic rings. The molecule has 0 aromatic heterocycles. The first kappa shape index (κ1) is 61.3. The second-order valence-electron chi connectivity index (χ2n) is 20.2. The summed E-state index contributed by atoms with van der Waals surface area (Å²) >= 11 is 0. The zero-order chi connectivity index (χ0) is 56.7. The molecule has 6 atom stereocenters. The quantitative estimate of drug-likeness (QED) is 0.0675. The number of likely N-dealkylation sites (tertiary alicyclic amines) is 1. The van der Waals surface area contributed by atoms with Gasteiger partial charge in [-0.1, -0.05) is 65.0 Å². The molecule has 19 nitrogen and oxygen atoms in total. The Hall–Kier alpha value is -6.51. The molecule has 420 valence electrons. The van der Waals surface area contributed by atoms with E-state index in [0.29, 0.717) is 58.7 Å². The third-order valence-electron chi connectivity index (χ3n) is 14.4. The molecule has 1 aliphatic carbocycles. The van der Waals surface area contributed by atoms with Crippen molar-refractivity contribution < 1.29 is 62.7 Å². The number of aliphatic hydroxyl groups is 1. The van der Waals surface area contributed by atoms with Crippen molar-refractivity contribution in [1.29, 1.82) is 0 Å². The normalized spacial score (nSPS) is 20.4. The maximum absolute atomic E-state index is 13.7. The lowest BCUT2D eigenvalue weighted by Crippen LogP contribution is -2.57. The predicted molar refractivity (Wildman–Crippen MR) is 291 cm³/mol. The Labute approximate surface area is 452 Å². The molecule has 3 fully saturated rings. The number of hydrogen-bond acceptors (Lipinski definition) is 14. The molecule has 0 radical (unpaired) electrons. The van der Waals surface area contributed by atoms with Crippen molar-refractivity contribution in [2.24, 2.45) is 11.8 Å². The van der Waals surface area contributed by atoms with Gasteiger partial charge < -0.3 is 50.4 Å². The number of morpholine rings is 1. The Morgan fingerprint density at radius 2 is 1.57 bits per heavy atom. The number of amides is 6. The summed E-state index contributed by atoms with van der Waals surface area (Å²) < 4.78 is 21.5. The largest absolute Gasteiger partial charge is 0.507 e. The number of anilines is 1. The van der Waals surface area contributed by atoms with Gasteiger partial charge in [0.25, 0.3) is 0 Å². The van der Waals surface area contributed by atoms with Crippen LogP contribution in [0, 0.1) is 25.7 Å². The molecule has 19 heteroatoms. The second-order valence-corrected chi connectivity index (χ2v) is 20.2. The van der Waals surface area contributed by atoms with Crippen molar-refractivity contribution >= 4 is 52.5 Å². The van der Waals surface area contributed by atoms with Crippen LogP contribution in [0.4, 0.5) is 5.69 Å². The SMILES string of the molecule is C=C1c2cccc(OC)c2C(=O)c2c(O)c(CCCC(=O)NCc3ccc(NC(=O)C(C)NC(=O)CNC(=O)CCN4C(=O)CC(C(C)C)C4=O)cc3)c(C)c(C)c21.CCC.COC1CN(C2CCO[C@@H](C)C2O)CCO1. The summed E-state index contributed by atoms with van der Waals surface area (Å²) in [7, 11) is 3.14. The van der Waals surface area contributed by atoms with E-state index in [0.717, 1.165) is 47.7 Å². The topological polar surface area (TPSA) is 251 Å². The Morgan fingerprint density at radius 1 is 0.883 bits per heavy atom. The van der Waals surface area contributed by atoms with Crippen LogP contribution in [-0.4, -0.2) is 145 Å². The molecular formula is C58H80N6O13. The van der Waals surface area contributed by atoms with Crippen molar-refractivity contribution in [2.45, 2.75) is 137 Å². The average molecular weight is 1070 g/mol. The molecule has 3 heterocycles. The van der Waals surface area contributed by atoms with Crippen molar-refractivity contribution in [2.75, 3.05) is 58.9 Å². The van der Waals surface area contributed by atoms with Crippen LogP contribution in [0.1, 0.15) is 129 Å². The van der Waals surface area contributed by atoms with Gasteiger partial charge in [-0.05, 0) is 110 Å². The highest BCUT2D eigenvalue weighted by Crippen LogP contribution is 2.46. The number of ether oxygens (including phenoxy) is 4. The van der Waals surface area contributed by atoms with Gasteiger partial charge in [-0.25, -0.2) is 0 Å². The zero-order valence-corrected chi connectivity index (χ0v) is 46.5. The third kappa shape index (κ3) is 15.6. The Bertz CT molecular complexity index is 2620. The van der Waals surface area contributed by atoms with Crippen LogP contribution < -0.4 is 26.0 Å². The van der Waals surface area contributed by atoms with E-state index in [4.69, 9.17) is 18.9 Å². The van der Waals surface area contributed by atoms with Gasteiger partial charge in [0.05, 0.1) is 43.6 Å². The molecular weight excluding hydrogens is 989 g/mol. The molecule has 0 saturated carbocycles. The minimum atomic E-state index is -0.924. The number of rotatable bonds is 18. The Kier molecular flexibility index (Phi) is 22.9. The Morgan fingerprint density at radius 3 is 2.22 bits per heavy atom. The monoisotopic (exact) mass is 1070 g/mol. The van der Waals surface area contributed by atoms with Crippen molar-refractivity contribution in [3.05, 3.63) is 93.6 Å². The number of ketones is 1. The number of fused-ring (bicyclic) bond motifs is 2. The smallest absolute Gasteiger partial charge is 0.246 e. The molecule has 7 rings (SSSR count). The number of nitrogens with zero attached hydrogens (tertiary/aromatic N) is 2. The summed E-state index contributed by atoms with van der Waals surface area (Å²) in [4.78, 5) is 91.9. The average Bonchev–Trinajstić information content (AvgIpc) is 3.71. The molecule has 3 saturated heterocycles. The van der Waals surface area contributed by atoms with E-state index in [2.05, 4.69) is 46.6 Å². The van der Waals surface area contributed by atoms with Crippen LogP contribution in [0.25, 0.3) is 5.57 Å². The second kappa shape index (κ2) is 28.7. The number of aliphatic hydroxyl groups excluding tert-OH is 1. The lowest BCUT2D eigenvalue weighted by atomic mass is 9.76. The van der Waals surface area contributed by atoms with Crippen LogP contribution in [-0.2, 0) is 55.9 Å². The van der Waals surface area contributed by atoms with Crippen LogP contribution in [0.15, 0.2) is 49.0 Å². The first-order valence-electron chi connectivity index (χ1n) is 26.7. The highest BCUT2D eigenvalue weighted by molar-refractivity contribution is 6.22. The van der Waals surface area contributed by atoms with Gasteiger partial charge in [0, 0.05) is 76.8 Å². The molecule has 6 N–H and O–H groups in total. The highest BCUT2D eigenvalue weighted by Gasteiger charge is 2.40. The van der Waals surface area contributed by atoms with E-state index >= 15 is 0 Å². The Balaban J connectivity index is 0.000000482. The maximum Gasteiger partial charge on any atom is 0.246 e. The van der Waals surface area contributed by atoms with Gasteiger partial charge in [0.15, 0.2) is 6.29 Å². The number of methoxy groups -OCH3 is 2. The summed E-state index contributed by atoms with van der Waals surface area (Å²) in [6.07, 6.45) is 2.46. The number of hydrogen-bond donors (Lipinski definition) is 6. The molecule has 0 bridgehead atoms. The minimum absolute atomic E-state index is 0.0180. The van der Waals surface area contributed by atoms with Crippen molar-refractivity contribution in [3.8, 4) is 11.5 Å². The van der Waals surface area contributed by atoms with E-state index in [1.807, 2.05) is 40.7 Å². The van der Waals surface area contributed by atoms with E-state index in [1.165, 1.54) is 20.5 Å². The van der Waals surface area contributed by atoms with E-state index in [1.54, 1.807) is 43.5 Å². The summed E-state index contributed by atoms with van der Waals surface area (Å²) in [6, 6.07) is 11.4. The number of nitrogens with one attached hydrogen (secondary N) is 4. The molecule has 3 aliphatic heterocycles. The van der Waals surface area contributed by atoms with Crippen molar-refractivity contribution in [3.63, 3.8) is 0 Å². The number of benzene rings is 3. The molecule has 0 spiro atoms. The third-order valence-corrected chi connectivity index (χ3v) is 14.4. The van der Waals surface area contributed by atoms with Crippen LogP contribution in [0.3, 0.4) is 0 Å². The number of carbonyl (C=O) groups excluding carboxylic acids is 7. The molecule has 6 amide bonds. The van der Waals surface area contributed by atoms with Crippen LogP contribution in [0.5, 0.6) is 11.5 Å². The number of phenols is 1. The fraction of sp³-hybridized carbons (Fsp3) is 0.534. The van der Waals surface area contributed by atoms with Gasteiger partial charge >= 0.3 is 0 Å². The molecule has 5 unspecified atom stereocenters. The van der Waals surface area contributed by atoms with E-state index in [-0.39, 0.29) is 104 Å². The summed E-state index contributed by atoms with van der Waals surface area (Å²) in [6.45, 7) is 22.2. The van der Waals surface area contributed by atoms with Gasteiger partial charge in [-0.3, -0.25) is 43.4 Å². The summed E-state index contributed by atoms with van der Waals surface area (Å²) in [5, 5.41) is 32.1. The van der Waals surface area contributed by atoms with Crippen LogP contribution >= 0.6 is 0 Å². The van der Waals surface area contributed by atoms with Crippen molar-refractivity contribution in [1.82, 2.24) is 25.8 Å².